The van der Waals surface area contributed by atoms with E-state index in [2.05, 4.69) is 34.3 Å². The van der Waals surface area contributed by atoms with E-state index in [1.165, 1.54) is 29.2 Å². The molecule has 2 aromatic heterocycles. The van der Waals surface area contributed by atoms with Crippen LogP contribution >= 0.6 is 11.3 Å². The molecule has 132 valence electrons. The average molecular weight is 367 g/mol. The van der Waals surface area contributed by atoms with Crippen molar-refractivity contribution in [3.63, 3.8) is 0 Å². The van der Waals surface area contributed by atoms with Crippen LogP contribution in [0.25, 0.3) is 11.3 Å². The minimum absolute atomic E-state index is 0.160. The van der Waals surface area contributed by atoms with Gasteiger partial charge >= 0.3 is 5.97 Å². The van der Waals surface area contributed by atoms with E-state index < -0.39 is 18.5 Å². The third-order valence-electron chi connectivity index (χ3n) is 3.62. The molecule has 0 aliphatic carbocycles. The van der Waals surface area contributed by atoms with Crippen molar-refractivity contribution >= 4 is 28.3 Å². The van der Waals surface area contributed by atoms with Crippen molar-refractivity contribution in [1.29, 1.82) is 0 Å². The van der Waals surface area contributed by atoms with Crippen LogP contribution in [0.4, 0.5) is 5.13 Å². The quantitative estimate of drug-likeness (QED) is 0.674. The molecule has 0 unspecified atom stereocenters. The Morgan fingerprint density at radius 3 is 2.65 bits per heavy atom. The van der Waals surface area contributed by atoms with Gasteiger partial charge in [0.2, 0.25) is 0 Å². The van der Waals surface area contributed by atoms with Gasteiger partial charge in [0.1, 0.15) is 5.69 Å². The molecule has 0 aliphatic heterocycles. The first-order valence-corrected chi connectivity index (χ1v) is 8.96. The molecule has 0 fully saturated rings. The summed E-state index contributed by atoms with van der Waals surface area (Å²) >= 11 is 1.32. The van der Waals surface area contributed by atoms with Gasteiger partial charge in [0.15, 0.2) is 11.7 Å². The van der Waals surface area contributed by atoms with Crippen molar-refractivity contribution in [2.75, 3.05) is 11.9 Å². The fourth-order valence-corrected chi connectivity index (χ4v) is 2.95. The predicted octanol–water partition coefficient (Wildman–Crippen LogP) is 3.56. The number of carbonyl (C=O) groups is 2. The van der Waals surface area contributed by atoms with E-state index in [9.17, 15) is 9.59 Å². The molecule has 0 spiro atoms. The Morgan fingerprint density at radius 1 is 1.15 bits per heavy atom. The summed E-state index contributed by atoms with van der Waals surface area (Å²) in [7, 11) is 0. The SMILES string of the molecule is CCc1ccc(-c2csc(NC(=O)COC(=O)c3ccccn3)n2)cc1. The highest BCUT2D eigenvalue weighted by molar-refractivity contribution is 7.14. The Morgan fingerprint density at radius 2 is 1.96 bits per heavy atom. The summed E-state index contributed by atoms with van der Waals surface area (Å²) < 4.78 is 4.94. The molecule has 0 saturated heterocycles. The lowest BCUT2D eigenvalue weighted by molar-refractivity contribution is -0.119. The monoisotopic (exact) mass is 367 g/mol. The predicted molar refractivity (Wildman–Crippen MR) is 100 cm³/mol. The van der Waals surface area contributed by atoms with Gasteiger partial charge in [-0.3, -0.25) is 10.1 Å². The van der Waals surface area contributed by atoms with Crippen LogP contribution in [0.3, 0.4) is 0 Å². The van der Waals surface area contributed by atoms with Crippen molar-refractivity contribution in [2.24, 2.45) is 0 Å². The van der Waals surface area contributed by atoms with Crippen molar-refractivity contribution < 1.29 is 14.3 Å². The van der Waals surface area contributed by atoms with Crippen LogP contribution in [-0.4, -0.2) is 28.5 Å². The third-order valence-corrected chi connectivity index (χ3v) is 4.37. The summed E-state index contributed by atoms with van der Waals surface area (Å²) in [4.78, 5) is 32.0. The second-order valence-electron chi connectivity index (χ2n) is 5.43. The number of carbonyl (C=O) groups excluding carboxylic acids is 2. The maximum atomic E-state index is 11.9. The Labute approximate surface area is 154 Å². The Bertz CT molecular complexity index is 892. The first kappa shape index (κ1) is 17.8. The molecule has 0 saturated carbocycles. The molecule has 0 aliphatic rings. The molecule has 1 N–H and O–H groups in total. The van der Waals surface area contributed by atoms with Crippen LogP contribution in [0, 0.1) is 0 Å². The zero-order valence-corrected chi connectivity index (χ0v) is 15.0. The number of nitrogens with one attached hydrogen (secondary N) is 1. The molecular formula is C19H17N3O3S. The Hall–Kier alpha value is -3.06. The fourth-order valence-electron chi connectivity index (χ4n) is 2.22. The van der Waals surface area contributed by atoms with Crippen LogP contribution in [0.5, 0.6) is 0 Å². The number of nitrogens with zero attached hydrogens (tertiary/aromatic N) is 2. The lowest BCUT2D eigenvalue weighted by Gasteiger charge is -2.04. The molecule has 1 amide bonds. The second-order valence-corrected chi connectivity index (χ2v) is 6.29. The molecule has 0 bridgehead atoms. The Balaban J connectivity index is 1.55. The van der Waals surface area contributed by atoms with E-state index in [-0.39, 0.29) is 5.69 Å². The van der Waals surface area contributed by atoms with Crippen LogP contribution in [-0.2, 0) is 16.0 Å². The van der Waals surface area contributed by atoms with Crippen molar-refractivity contribution in [1.82, 2.24) is 9.97 Å². The van der Waals surface area contributed by atoms with Gasteiger partial charge in [0, 0.05) is 17.1 Å². The minimum Gasteiger partial charge on any atom is -0.451 e. The zero-order chi connectivity index (χ0) is 18.4. The van der Waals surface area contributed by atoms with E-state index >= 15 is 0 Å². The van der Waals surface area contributed by atoms with Crippen molar-refractivity contribution in [3.05, 3.63) is 65.3 Å². The number of pyridine rings is 1. The molecule has 0 radical (unpaired) electrons. The summed E-state index contributed by atoms with van der Waals surface area (Å²) in [6, 6.07) is 13.0. The summed E-state index contributed by atoms with van der Waals surface area (Å²) in [5.41, 5.74) is 3.19. The largest absolute Gasteiger partial charge is 0.451 e. The van der Waals surface area contributed by atoms with Crippen LogP contribution in [0.15, 0.2) is 54.0 Å². The number of thiazole rings is 1. The minimum atomic E-state index is -0.642. The van der Waals surface area contributed by atoms with Gasteiger partial charge in [0.05, 0.1) is 5.69 Å². The van der Waals surface area contributed by atoms with Gasteiger partial charge in [-0.15, -0.1) is 11.3 Å². The summed E-state index contributed by atoms with van der Waals surface area (Å²) in [6.45, 7) is 1.71. The first-order valence-electron chi connectivity index (χ1n) is 8.08. The van der Waals surface area contributed by atoms with Gasteiger partial charge in [-0.1, -0.05) is 37.3 Å². The number of aromatic nitrogens is 2. The maximum absolute atomic E-state index is 11.9. The van der Waals surface area contributed by atoms with Crippen molar-refractivity contribution in [3.8, 4) is 11.3 Å². The normalized spacial score (nSPS) is 10.3. The number of benzene rings is 1. The maximum Gasteiger partial charge on any atom is 0.357 e. The van der Waals surface area contributed by atoms with Gasteiger partial charge < -0.3 is 4.74 Å². The molecule has 3 rings (SSSR count). The van der Waals surface area contributed by atoms with Crippen molar-refractivity contribution in [2.45, 2.75) is 13.3 Å². The highest BCUT2D eigenvalue weighted by Gasteiger charge is 2.12. The van der Waals surface area contributed by atoms with Crippen LogP contribution in [0.1, 0.15) is 23.0 Å². The smallest absolute Gasteiger partial charge is 0.357 e. The van der Waals surface area contributed by atoms with Gasteiger partial charge in [-0.25, -0.2) is 14.8 Å². The number of amides is 1. The number of hydrogen-bond donors (Lipinski definition) is 1. The molecule has 2 heterocycles. The number of esters is 1. The summed E-state index contributed by atoms with van der Waals surface area (Å²) in [5, 5.41) is 4.96. The molecule has 0 atom stereocenters. The fraction of sp³-hybridized carbons (Fsp3) is 0.158. The molecule has 6 nitrogen and oxygen atoms in total. The van der Waals surface area contributed by atoms with E-state index in [1.54, 1.807) is 12.1 Å². The van der Waals surface area contributed by atoms with E-state index in [1.807, 2.05) is 17.5 Å². The molecule has 3 aromatic rings. The molecule has 26 heavy (non-hydrogen) atoms. The molecule has 7 heteroatoms. The summed E-state index contributed by atoms with van der Waals surface area (Å²) in [5.74, 6) is -1.09. The topological polar surface area (TPSA) is 81.2 Å². The summed E-state index contributed by atoms with van der Waals surface area (Å²) in [6.07, 6.45) is 2.47. The highest BCUT2D eigenvalue weighted by Crippen LogP contribution is 2.25. The number of rotatable bonds is 6. The van der Waals surface area contributed by atoms with E-state index in [0.717, 1.165) is 17.7 Å². The number of hydrogen-bond acceptors (Lipinski definition) is 6. The van der Waals surface area contributed by atoms with Crippen LogP contribution < -0.4 is 5.32 Å². The molecule has 1 aromatic carbocycles. The number of ether oxygens (including phenoxy) is 1. The van der Waals surface area contributed by atoms with Crippen LogP contribution in [0.2, 0.25) is 0 Å². The van der Waals surface area contributed by atoms with E-state index in [0.29, 0.717) is 5.13 Å². The molecular weight excluding hydrogens is 350 g/mol. The lowest BCUT2D eigenvalue weighted by Crippen LogP contribution is -2.21. The van der Waals surface area contributed by atoms with Gasteiger partial charge in [-0.2, -0.15) is 0 Å². The highest BCUT2D eigenvalue weighted by atomic mass is 32.1. The lowest BCUT2D eigenvalue weighted by atomic mass is 10.1. The second kappa shape index (κ2) is 8.35. The third kappa shape index (κ3) is 4.52. The number of anilines is 1. The van der Waals surface area contributed by atoms with Gasteiger partial charge in [-0.05, 0) is 24.1 Å². The average Bonchev–Trinajstić information content (AvgIpc) is 3.15. The Kier molecular flexibility index (Phi) is 5.70. The number of aryl methyl sites for hydroxylation is 1. The standard InChI is InChI=1S/C19H17N3O3S/c1-2-13-6-8-14(9-7-13)16-12-26-19(21-16)22-17(23)11-25-18(24)15-5-3-4-10-20-15/h3-10,12H,2,11H2,1H3,(H,21,22,23). The van der Waals surface area contributed by atoms with Gasteiger partial charge in [0.25, 0.3) is 5.91 Å². The zero-order valence-electron chi connectivity index (χ0n) is 14.1. The van der Waals surface area contributed by atoms with E-state index in [4.69, 9.17) is 4.74 Å². The first-order chi connectivity index (χ1) is 12.7.